The number of ketones is 1. The van der Waals surface area contributed by atoms with Crippen LogP contribution in [0.5, 0.6) is 0 Å². The van der Waals surface area contributed by atoms with Gasteiger partial charge in [0, 0.05) is 5.92 Å². The molecule has 0 spiro atoms. The third-order valence-electron chi connectivity index (χ3n) is 4.66. The van der Waals surface area contributed by atoms with Gasteiger partial charge in [0.15, 0.2) is 5.78 Å². The lowest BCUT2D eigenvalue weighted by Gasteiger charge is -2.54. The summed E-state index contributed by atoms with van der Waals surface area (Å²) < 4.78 is 12.8. The lowest BCUT2D eigenvalue weighted by atomic mass is 9.48. The number of hydrogen-bond donors (Lipinski definition) is 0. The average molecular weight is 256 g/mol. The normalized spacial score (nSPS) is 28.2. The van der Waals surface area contributed by atoms with Crippen LogP contribution in [0.3, 0.4) is 0 Å². The van der Waals surface area contributed by atoms with Crippen LogP contribution < -0.4 is 0 Å². The Morgan fingerprint density at radius 3 is 2.42 bits per heavy atom. The van der Waals surface area contributed by atoms with Crippen LogP contribution in [-0.4, -0.2) is 5.78 Å². The van der Waals surface area contributed by atoms with E-state index in [1.165, 1.54) is 12.1 Å². The Kier molecular flexibility index (Phi) is 2.70. The van der Waals surface area contributed by atoms with Crippen LogP contribution in [0.4, 0.5) is 4.39 Å². The molecule has 1 nitrogen and oxygen atoms in total. The molecule has 1 saturated carbocycles. The summed E-state index contributed by atoms with van der Waals surface area (Å²) in [5.41, 5.74) is 2.16. The highest BCUT2D eigenvalue weighted by Gasteiger charge is 2.54. The second-order valence-corrected chi connectivity index (χ2v) is 6.09. The van der Waals surface area contributed by atoms with Crippen LogP contribution in [0.15, 0.2) is 42.0 Å². The van der Waals surface area contributed by atoms with Crippen LogP contribution >= 0.6 is 0 Å². The number of benzene rings is 1. The molecule has 0 unspecified atom stereocenters. The molecule has 0 aromatic heterocycles. The van der Waals surface area contributed by atoms with Crippen LogP contribution in [0, 0.1) is 23.1 Å². The van der Waals surface area contributed by atoms with E-state index in [1.54, 1.807) is 18.2 Å². The highest BCUT2D eigenvalue weighted by atomic mass is 19.1. The van der Waals surface area contributed by atoms with E-state index < -0.39 is 0 Å². The number of rotatable bonds is 2. The SMILES string of the molecule is CC1(C)[C@@H]2C[C@@H]1C(/C=C/c1ccc(F)cc1)=CC2=O. The van der Waals surface area contributed by atoms with Gasteiger partial charge in [-0.05, 0) is 47.1 Å². The molecule has 1 aromatic rings. The van der Waals surface area contributed by atoms with Crippen molar-refractivity contribution >= 4 is 11.9 Å². The maximum Gasteiger partial charge on any atom is 0.159 e. The van der Waals surface area contributed by atoms with Crippen molar-refractivity contribution in [1.29, 1.82) is 0 Å². The van der Waals surface area contributed by atoms with Gasteiger partial charge in [0.05, 0.1) is 0 Å². The van der Waals surface area contributed by atoms with E-state index in [4.69, 9.17) is 0 Å². The molecule has 2 heteroatoms. The Morgan fingerprint density at radius 1 is 1.16 bits per heavy atom. The van der Waals surface area contributed by atoms with Gasteiger partial charge in [-0.25, -0.2) is 4.39 Å². The van der Waals surface area contributed by atoms with Crippen molar-refractivity contribution in [3.8, 4) is 0 Å². The summed E-state index contributed by atoms with van der Waals surface area (Å²) in [4.78, 5) is 12.0. The Hall–Kier alpha value is -1.70. The fraction of sp³-hybridized carbons (Fsp3) is 0.353. The third kappa shape index (κ3) is 1.95. The van der Waals surface area contributed by atoms with E-state index in [0.717, 1.165) is 17.6 Å². The molecule has 0 radical (unpaired) electrons. The zero-order valence-corrected chi connectivity index (χ0v) is 11.2. The van der Waals surface area contributed by atoms with Gasteiger partial charge in [-0.15, -0.1) is 0 Å². The molecule has 0 amide bonds. The number of carbonyl (C=O) groups is 1. The third-order valence-corrected chi connectivity index (χ3v) is 4.66. The Morgan fingerprint density at radius 2 is 1.84 bits per heavy atom. The number of hydrogen-bond acceptors (Lipinski definition) is 1. The Bertz CT molecular complexity index is 578. The van der Waals surface area contributed by atoms with Crippen molar-refractivity contribution in [2.75, 3.05) is 0 Å². The molecule has 4 rings (SSSR count). The minimum Gasteiger partial charge on any atom is -0.295 e. The van der Waals surface area contributed by atoms with Crippen molar-refractivity contribution in [3.63, 3.8) is 0 Å². The topological polar surface area (TPSA) is 17.1 Å². The van der Waals surface area contributed by atoms with Gasteiger partial charge >= 0.3 is 0 Å². The summed E-state index contributed by atoms with van der Waals surface area (Å²) in [5.74, 6) is 0.714. The average Bonchev–Trinajstić information content (AvgIpc) is 2.37. The molecule has 2 bridgehead atoms. The first-order valence-electron chi connectivity index (χ1n) is 6.67. The Balaban J connectivity index is 1.84. The van der Waals surface area contributed by atoms with Crippen LogP contribution in [0.25, 0.3) is 6.08 Å². The molecule has 3 aliphatic carbocycles. The smallest absolute Gasteiger partial charge is 0.159 e. The van der Waals surface area contributed by atoms with Crippen LogP contribution in [0.1, 0.15) is 25.8 Å². The molecule has 3 aliphatic rings. The van der Waals surface area contributed by atoms with E-state index in [2.05, 4.69) is 13.8 Å². The molecule has 1 fully saturated rings. The van der Waals surface area contributed by atoms with Gasteiger partial charge in [-0.2, -0.15) is 0 Å². The van der Waals surface area contributed by atoms with E-state index in [9.17, 15) is 9.18 Å². The van der Waals surface area contributed by atoms with Gasteiger partial charge in [-0.1, -0.05) is 38.1 Å². The first kappa shape index (κ1) is 12.3. The summed E-state index contributed by atoms with van der Waals surface area (Å²) in [6.45, 7) is 4.34. The minimum absolute atomic E-state index is 0.0916. The fourth-order valence-electron chi connectivity index (χ4n) is 3.27. The van der Waals surface area contributed by atoms with Gasteiger partial charge in [0.2, 0.25) is 0 Å². The molecule has 0 saturated heterocycles. The predicted octanol–water partition coefficient (Wildman–Crippen LogP) is 4.01. The predicted molar refractivity (Wildman–Crippen MR) is 73.9 cm³/mol. The minimum atomic E-state index is -0.229. The molecule has 2 atom stereocenters. The second-order valence-electron chi connectivity index (χ2n) is 6.09. The monoisotopic (exact) mass is 256 g/mol. The number of allylic oxidation sites excluding steroid dienone is 3. The van der Waals surface area contributed by atoms with Gasteiger partial charge < -0.3 is 0 Å². The number of fused-ring (bicyclic) bond motifs is 1. The highest BCUT2D eigenvalue weighted by molar-refractivity contribution is 5.96. The lowest BCUT2D eigenvalue weighted by molar-refractivity contribution is -0.133. The molecular weight excluding hydrogens is 239 g/mol. The molecule has 0 aliphatic heterocycles. The van der Waals surface area contributed by atoms with Crippen molar-refractivity contribution in [2.45, 2.75) is 20.3 Å². The summed E-state index contributed by atoms with van der Waals surface area (Å²) in [6, 6.07) is 6.38. The molecule has 19 heavy (non-hydrogen) atoms. The maximum atomic E-state index is 12.8. The lowest BCUT2D eigenvalue weighted by Crippen LogP contribution is -2.52. The summed E-state index contributed by atoms with van der Waals surface area (Å²) in [7, 11) is 0. The first-order valence-corrected chi connectivity index (χ1v) is 6.67. The zero-order chi connectivity index (χ0) is 13.6. The first-order chi connectivity index (χ1) is 8.98. The van der Waals surface area contributed by atoms with Crippen LogP contribution in [0.2, 0.25) is 0 Å². The molecular formula is C17H17FO. The number of halogens is 1. The van der Waals surface area contributed by atoms with Crippen molar-refractivity contribution in [3.05, 3.63) is 53.4 Å². The summed E-state index contributed by atoms with van der Waals surface area (Å²) in [5, 5.41) is 0. The Labute approximate surface area is 112 Å². The quantitative estimate of drug-likeness (QED) is 0.781. The van der Waals surface area contributed by atoms with E-state index in [-0.39, 0.29) is 22.9 Å². The van der Waals surface area contributed by atoms with Crippen molar-refractivity contribution in [1.82, 2.24) is 0 Å². The van der Waals surface area contributed by atoms with Gasteiger partial charge in [0.25, 0.3) is 0 Å². The maximum absolute atomic E-state index is 12.8. The second kappa shape index (κ2) is 4.16. The summed E-state index contributed by atoms with van der Waals surface area (Å²) in [6.07, 6.45) is 6.72. The zero-order valence-electron chi connectivity index (χ0n) is 11.2. The number of carbonyl (C=O) groups excluding carboxylic acids is 1. The van der Waals surface area contributed by atoms with Gasteiger partial charge in [0.1, 0.15) is 5.82 Å². The van der Waals surface area contributed by atoms with Gasteiger partial charge in [-0.3, -0.25) is 4.79 Å². The highest BCUT2D eigenvalue weighted by Crippen LogP contribution is 2.58. The van der Waals surface area contributed by atoms with E-state index >= 15 is 0 Å². The van der Waals surface area contributed by atoms with E-state index in [1.807, 2.05) is 12.2 Å². The fourth-order valence-corrected chi connectivity index (χ4v) is 3.27. The molecule has 0 N–H and O–H groups in total. The summed E-state index contributed by atoms with van der Waals surface area (Å²) >= 11 is 0. The van der Waals surface area contributed by atoms with Crippen molar-refractivity contribution < 1.29 is 9.18 Å². The standard InChI is InChI=1S/C17H17FO/c1-17(2)14-10-15(17)16(19)9-12(14)6-3-11-4-7-13(18)8-5-11/h3-9,14-15H,10H2,1-2H3/b6-3+/t14-,15-/m1/s1. The molecule has 1 aromatic carbocycles. The largest absolute Gasteiger partial charge is 0.295 e. The van der Waals surface area contributed by atoms with Crippen LogP contribution in [-0.2, 0) is 4.79 Å². The molecule has 98 valence electrons. The van der Waals surface area contributed by atoms with E-state index in [0.29, 0.717) is 5.92 Å². The van der Waals surface area contributed by atoms with Crippen molar-refractivity contribution in [2.24, 2.45) is 17.3 Å². The molecule has 0 heterocycles.